The zero-order valence-corrected chi connectivity index (χ0v) is 11.9. The number of halogens is 1. The molecule has 1 aromatic rings. The summed E-state index contributed by atoms with van der Waals surface area (Å²) >= 11 is 0. The van der Waals surface area contributed by atoms with Crippen LogP contribution in [0.4, 0.5) is 10.1 Å². The van der Waals surface area contributed by atoms with Crippen molar-refractivity contribution in [2.75, 3.05) is 11.9 Å². The normalized spacial score (nSPS) is 24.0. The molecule has 1 aliphatic rings. The van der Waals surface area contributed by atoms with Gasteiger partial charge in [-0.25, -0.2) is 9.18 Å². The summed E-state index contributed by atoms with van der Waals surface area (Å²) in [6.45, 7) is 6.66. The highest BCUT2D eigenvalue weighted by molar-refractivity contribution is 5.94. The van der Waals surface area contributed by atoms with E-state index in [1.165, 1.54) is 18.2 Å². The fraction of sp³-hybridized carbons (Fsp3) is 0.533. The summed E-state index contributed by atoms with van der Waals surface area (Å²) in [6.07, 6.45) is 0.860. The molecular weight excluding hydrogens is 261 g/mol. The summed E-state index contributed by atoms with van der Waals surface area (Å²) in [6, 6.07) is 4.06. The van der Waals surface area contributed by atoms with Gasteiger partial charge in [0, 0.05) is 18.1 Å². The van der Waals surface area contributed by atoms with Gasteiger partial charge in [-0.2, -0.15) is 0 Å². The molecule has 1 aliphatic carbocycles. The summed E-state index contributed by atoms with van der Waals surface area (Å²) in [7, 11) is 0. The number of carbonyl (C=O) groups is 1. The number of rotatable bonds is 5. The number of anilines is 1. The standard InChI is InChI=1S/C15H20FNO3/c1-4-20-12-8-11(15(12,2)3)17-13-9(14(18)19)6-5-7-10(13)16/h5-7,11-12,17H,4,8H2,1-3H3,(H,18,19). The number of nitrogens with one attached hydrogen (secondary N) is 1. The fourth-order valence-corrected chi connectivity index (χ4v) is 2.64. The van der Waals surface area contributed by atoms with Crippen molar-refractivity contribution in [3.63, 3.8) is 0 Å². The highest BCUT2D eigenvalue weighted by Crippen LogP contribution is 2.44. The van der Waals surface area contributed by atoms with Crippen LogP contribution in [0.1, 0.15) is 37.6 Å². The number of hydrogen-bond acceptors (Lipinski definition) is 3. The van der Waals surface area contributed by atoms with E-state index in [2.05, 4.69) is 5.32 Å². The Hall–Kier alpha value is -1.62. The number of carboxylic acids is 1. The maximum Gasteiger partial charge on any atom is 0.337 e. The average molecular weight is 281 g/mol. The zero-order valence-electron chi connectivity index (χ0n) is 11.9. The van der Waals surface area contributed by atoms with Crippen LogP contribution in [0.2, 0.25) is 0 Å². The molecule has 20 heavy (non-hydrogen) atoms. The first-order valence-corrected chi connectivity index (χ1v) is 6.77. The average Bonchev–Trinajstić information content (AvgIpc) is 2.39. The van der Waals surface area contributed by atoms with Crippen LogP contribution in [-0.4, -0.2) is 29.8 Å². The van der Waals surface area contributed by atoms with Gasteiger partial charge in [0.2, 0.25) is 0 Å². The van der Waals surface area contributed by atoms with E-state index in [0.717, 1.165) is 6.42 Å². The number of hydrogen-bond donors (Lipinski definition) is 2. The van der Waals surface area contributed by atoms with Crippen LogP contribution in [0.25, 0.3) is 0 Å². The van der Waals surface area contributed by atoms with Gasteiger partial charge in [0.1, 0.15) is 5.82 Å². The minimum atomic E-state index is -1.13. The maximum atomic E-state index is 13.9. The van der Waals surface area contributed by atoms with E-state index in [-0.39, 0.29) is 28.8 Å². The van der Waals surface area contributed by atoms with Crippen molar-refractivity contribution >= 4 is 11.7 Å². The number of benzene rings is 1. The molecule has 0 radical (unpaired) electrons. The monoisotopic (exact) mass is 281 g/mol. The molecule has 110 valence electrons. The highest BCUT2D eigenvalue weighted by atomic mass is 19.1. The van der Waals surface area contributed by atoms with E-state index in [0.29, 0.717) is 6.61 Å². The Morgan fingerprint density at radius 2 is 2.25 bits per heavy atom. The molecule has 2 atom stereocenters. The molecule has 2 unspecified atom stereocenters. The Morgan fingerprint density at radius 3 is 2.80 bits per heavy atom. The molecule has 0 heterocycles. The molecule has 1 saturated carbocycles. The van der Waals surface area contributed by atoms with Gasteiger partial charge in [-0.3, -0.25) is 0 Å². The predicted molar refractivity (Wildman–Crippen MR) is 74.6 cm³/mol. The van der Waals surface area contributed by atoms with Gasteiger partial charge in [0.25, 0.3) is 0 Å². The minimum absolute atomic E-state index is 0.00551. The van der Waals surface area contributed by atoms with Gasteiger partial charge in [-0.15, -0.1) is 0 Å². The smallest absolute Gasteiger partial charge is 0.337 e. The largest absolute Gasteiger partial charge is 0.478 e. The van der Waals surface area contributed by atoms with Gasteiger partial charge in [-0.1, -0.05) is 19.9 Å². The molecule has 1 fully saturated rings. The van der Waals surface area contributed by atoms with Gasteiger partial charge in [0.15, 0.2) is 0 Å². The van der Waals surface area contributed by atoms with Crippen molar-refractivity contribution in [1.82, 2.24) is 0 Å². The first kappa shape index (κ1) is 14.8. The Balaban J connectivity index is 2.18. The lowest BCUT2D eigenvalue weighted by Gasteiger charge is -2.52. The van der Waals surface area contributed by atoms with E-state index in [4.69, 9.17) is 9.84 Å². The lowest BCUT2D eigenvalue weighted by Crippen LogP contribution is -2.58. The van der Waals surface area contributed by atoms with Gasteiger partial charge in [-0.05, 0) is 25.5 Å². The van der Waals surface area contributed by atoms with Crippen LogP contribution in [-0.2, 0) is 4.74 Å². The molecule has 0 bridgehead atoms. The molecule has 2 rings (SSSR count). The van der Waals surface area contributed by atoms with Crippen molar-refractivity contribution < 1.29 is 19.0 Å². The third-order valence-corrected chi connectivity index (χ3v) is 4.11. The van der Waals surface area contributed by atoms with E-state index in [1.54, 1.807) is 0 Å². The zero-order chi connectivity index (χ0) is 14.9. The van der Waals surface area contributed by atoms with Crippen LogP contribution in [0.5, 0.6) is 0 Å². The first-order chi connectivity index (χ1) is 9.37. The topological polar surface area (TPSA) is 58.6 Å². The van der Waals surface area contributed by atoms with Crippen molar-refractivity contribution in [3.05, 3.63) is 29.6 Å². The van der Waals surface area contributed by atoms with Gasteiger partial charge in [0.05, 0.1) is 17.4 Å². The number of aromatic carboxylic acids is 1. The molecule has 0 saturated heterocycles. The third-order valence-electron chi connectivity index (χ3n) is 4.11. The van der Waals surface area contributed by atoms with Crippen LogP contribution >= 0.6 is 0 Å². The van der Waals surface area contributed by atoms with Crippen LogP contribution < -0.4 is 5.32 Å². The van der Waals surface area contributed by atoms with E-state index >= 15 is 0 Å². The second kappa shape index (κ2) is 5.40. The number of carboxylic acid groups (broad SMARTS) is 1. The second-order valence-electron chi connectivity index (χ2n) is 5.67. The van der Waals surface area contributed by atoms with Crippen molar-refractivity contribution in [1.29, 1.82) is 0 Å². The highest BCUT2D eigenvalue weighted by Gasteiger charge is 2.49. The van der Waals surface area contributed by atoms with Crippen molar-refractivity contribution in [3.8, 4) is 0 Å². The van der Waals surface area contributed by atoms with Gasteiger partial charge < -0.3 is 15.2 Å². The molecule has 0 aliphatic heterocycles. The Kier molecular flexibility index (Phi) is 3.99. The minimum Gasteiger partial charge on any atom is -0.478 e. The summed E-state index contributed by atoms with van der Waals surface area (Å²) in [5, 5.41) is 12.2. The van der Waals surface area contributed by atoms with Crippen molar-refractivity contribution in [2.45, 2.75) is 39.3 Å². The maximum absolute atomic E-state index is 13.9. The molecule has 2 N–H and O–H groups in total. The lowest BCUT2D eigenvalue weighted by molar-refractivity contribution is -0.0976. The first-order valence-electron chi connectivity index (χ1n) is 6.77. The van der Waals surface area contributed by atoms with Crippen LogP contribution in [0.3, 0.4) is 0 Å². The molecule has 0 spiro atoms. The summed E-state index contributed by atoms with van der Waals surface area (Å²) in [5.74, 6) is -1.67. The molecular formula is C15H20FNO3. The van der Waals surface area contributed by atoms with E-state index < -0.39 is 11.8 Å². The fourth-order valence-electron chi connectivity index (χ4n) is 2.64. The van der Waals surface area contributed by atoms with E-state index in [1.807, 2.05) is 20.8 Å². The van der Waals surface area contributed by atoms with Crippen LogP contribution in [0.15, 0.2) is 18.2 Å². The number of ether oxygens (including phenoxy) is 1. The molecule has 5 heteroatoms. The van der Waals surface area contributed by atoms with Crippen molar-refractivity contribution in [2.24, 2.45) is 5.41 Å². The second-order valence-corrected chi connectivity index (χ2v) is 5.67. The lowest BCUT2D eigenvalue weighted by atomic mass is 9.64. The number of para-hydroxylation sites is 1. The summed E-state index contributed by atoms with van der Waals surface area (Å²) in [5.41, 5.74) is -0.137. The molecule has 4 nitrogen and oxygen atoms in total. The van der Waals surface area contributed by atoms with Gasteiger partial charge >= 0.3 is 5.97 Å². The Bertz CT molecular complexity index is 516. The Labute approximate surface area is 117 Å². The quantitative estimate of drug-likeness (QED) is 0.870. The summed E-state index contributed by atoms with van der Waals surface area (Å²) < 4.78 is 19.5. The SMILES string of the molecule is CCOC1CC(Nc2c(F)cccc2C(=O)O)C1(C)C. The Morgan fingerprint density at radius 1 is 1.55 bits per heavy atom. The van der Waals surface area contributed by atoms with Crippen LogP contribution in [0, 0.1) is 11.2 Å². The molecule has 0 aromatic heterocycles. The molecule has 1 aromatic carbocycles. The molecule has 0 amide bonds. The summed E-state index contributed by atoms with van der Waals surface area (Å²) in [4.78, 5) is 11.2. The van der Waals surface area contributed by atoms with E-state index in [9.17, 15) is 9.18 Å². The predicted octanol–water partition coefficient (Wildman–Crippen LogP) is 3.14. The third kappa shape index (κ3) is 2.50.